The van der Waals surface area contributed by atoms with E-state index in [1.165, 1.54) is 7.11 Å². The molecule has 3 nitrogen and oxygen atoms in total. The summed E-state index contributed by atoms with van der Waals surface area (Å²) in [5.74, 6) is -0.311. The van der Waals surface area contributed by atoms with Crippen molar-refractivity contribution in [1.82, 2.24) is 4.90 Å². The van der Waals surface area contributed by atoms with Gasteiger partial charge in [0.25, 0.3) is 0 Å². The van der Waals surface area contributed by atoms with Crippen LogP contribution >= 0.6 is 15.9 Å². The van der Waals surface area contributed by atoms with Gasteiger partial charge in [0.15, 0.2) is 0 Å². The van der Waals surface area contributed by atoms with Crippen molar-refractivity contribution in [3.8, 4) is 0 Å². The summed E-state index contributed by atoms with van der Waals surface area (Å²) >= 11 is 3.53. The molecule has 0 heterocycles. The number of hydrogen-bond acceptors (Lipinski definition) is 3. The van der Waals surface area contributed by atoms with Gasteiger partial charge in [-0.05, 0) is 45.0 Å². The lowest BCUT2D eigenvalue weighted by Crippen LogP contribution is -2.39. The SMILES string of the molecule is CCC(C)(C)N(C)Cc1ccc(C(=O)OC)cc1Br. The van der Waals surface area contributed by atoms with E-state index in [4.69, 9.17) is 4.74 Å². The van der Waals surface area contributed by atoms with Crippen molar-refractivity contribution in [2.24, 2.45) is 0 Å². The molecule has 0 fully saturated rings. The topological polar surface area (TPSA) is 29.5 Å². The largest absolute Gasteiger partial charge is 0.465 e. The van der Waals surface area contributed by atoms with Gasteiger partial charge in [-0.1, -0.05) is 28.9 Å². The fourth-order valence-electron chi connectivity index (χ4n) is 1.66. The molecular weight excluding hydrogens is 306 g/mol. The molecule has 0 bridgehead atoms. The Kier molecular flexibility index (Phi) is 5.56. The van der Waals surface area contributed by atoms with Crippen molar-refractivity contribution in [1.29, 1.82) is 0 Å². The van der Waals surface area contributed by atoms with Gasteiger partial charge in [-0.2, -0.15) is 0 Å². The van der Waals surface area contributed by atoms with Gasteiger partial charge >= 0.3 is 5.97 Å². The maximum atomic E-state index is 11.5. The molecule has 0 aliphatic carbocycles. The van der Waals surface area contributed by atoms with Crippen LogP contribution in [0.25, 0.3) is 0 Å². The molecule has 1 aromatic carbocycles. The number of ether oxygens (including phenoxy) is 1. The number of carbonyl (C=O) groups is 1. The van der Waals surface area contributed by atoms with Crippen molar-refractivity contribution in [3.63, 3.8) is 0 Å². The van der Waals surface area contributed by atoms with Crippen LogP contribution in [-0.4, -0.2) is 30.6 Å². The normalized spacial score (nSPS) is 11.7. The summed E-state index contributed by atoms with van der Waals surface area (Å²) in [5, 5.41) is 0. The van der Waals surface area contributed by atoms with E-state index in [1.807, 2.05) is 12.1 Å². The van der Waals surface area contributed by atoms with Gasteiger partial charge in [0.05, 0.1) is 12.7 Å². The summed E-state index contributed by atoms with van der Waals surface area (Å²) in [5.41, 5.74) is 1.88. The Morgan fingerprint density at radius 1 is 1.42 bits per heavy atom. The summed E-state index contributed by atoms with van der Waals surface area (Å²) in [6.07, 6.45) is 1.08. The van der Waals surface area contributed by atoms with Gasteiger partial charge in [-0.25, -0.2) is 4.79 Å². The number of benzene rings is 1. The molecule has 0 aliphatic heterocycles. The molecule has 0 aromatic heterocycles. The minimum atomic E-state index is -0.311. The number of carbonyl (C=O) groups excluding carboxylic acids is 1. The second-order valence-corrected chi connectivity index (χ2v) is 6.17. The van der Waals surface area contributed by atoms with Crippen LogP contribution < -0.4 is 0 Å². The molecule has 0 N–H and O–H groups in total. The molecule has 0 saturated carbocycles. The number of halogens is 1. The van der Waals surface area contributed by atoms with Gasteiger partial charge in [0.2, 0.25) is 0 Å². The second-order valence-electron chi connectivity index (χ2n) is 5.32. The van der Waals surface area contributed by atoms with E-state index in [0.717, 1.165) is 23.0 Å². The molecule has 0 amide bonds. The zero-order valence-corrected chi connectivity index (χ0v) is 13.9. The molecule has 0 atom stereocenters. The predicted molar refractivity (Wildman–Crippen MR) is 81.3 cm³/mol. The third kappa shape index (κ3) is 4.05. The third-order valence-corrected chi connectivity index (χ3v) is 4.52. The molecule has 1 rings (SSSR count). The van der Waals surface area contributed by atoms with E-state index in [9.17, 15) is 4.79 Å². The highest BCUT2D eigenvalue weighted by molar-refractivity contribution is 9.10. The fourth-order valence-corrected chi connectivity index (χ4v) is 2.16. The van der Waals surface area contributed by atoms with Crippen molar-refractivity contribution < 1.29 is 9.53 Å². The van der Waals surface area contributed by atoms with Crippen LogP contribution in [0.4, 0.5) is 0 Å². The number of nitrogens with zero attached hydrogens (tertiary/aromatic N) is 1. The molecule has 1 aromatic rings. The predicted octanol–water partition coefficient (Wildman–Crippen LogP) is 3.86. The van der Waals surface area contributed by atoms with E-state index in [1.54, 1.807) is 6.07 Å². The smallest absolute Gasteiger partial charge is 0.337 e. The Hall–Kier alpha value is -0.870. The number of hydrogen-bond donors (Lipinski definition) is 0. The quantitative estimate of drug-likeness (QED) is 0.769. The van der Waals surface area contributed by atoms with Crippen LogP contribution in [0.1, 0.15) is 43.1 Å². The van der Waals surface area contributed by atoms with Gasteiger partial charge < -0.3 is 4.74 Å². The lowest BCUT2D eigenvalue weighted by Gasteiger charge is -2.35. The molecule has 0 radical (unpaired) electrons. The Morgan fingerprint density at radius 2 is 2.05 bits per heavy atom. The lowest BCUT2D eigenvalue weighted by atomic mass is 9.99. The number of esters is 1. The van der Waals surface area contributed by atoms with Crippen LogP contribution in [0, 0.1) is 0 Å². The highest BCUT2D eigenvalue weighted by Crippen LogP contribution is 2.24. The van der Waals surface area contributed by atoms with Crippen molar-refractivity contribution in [2.75, 3.05) is 14.2 Å². The molecule has 0 spiro atoms. The Bertz CT molecular complexity index is 457. The first-order chi connectivity index (χ1) is 8.81. The highest BCUT2D eigenvalue weighted by atomic mass is 79.9. The van der Waals surface area contributed by atoms with E-state index < -0.39 is 0 Å². The summed E-state index contributed by atoms with van der Waals surface area (Å²) in [6, 6.07) is 5.59. The van der Waals surface area contributed by atoms with E-state index in [-0.39, 0.29) is 11.5 Å². The van der Waals surface area contributed by atoms with Gasteiger partial charge in [0, 0.05) is 16.6 Å². The fraction of sp³-hybridized carbons (Fsp3) is 0.533. The van der Waals surface area contributed by atoms with Crippen LogP contribution in [0.15, 0.2) is 22.7 Å². The Labute approximate surface area is 124 Å². The van der Waals surface area contributed by atoms with Crippen molar-refractivity contribution in [2.45, 2.75) is 39.3 Å². The molecule has 0 unspecified atom stereocenters. The minimum absolute atomic E-state index is 0.153. The standard InChI is InChI=1S/C15H22BrNO2/c1-6-15(2,3)17(4)10-12-8-7-11(9-13(12)16)14(18)19-5/h7-9H,6,10H2,1-5H3. The average molecular weight is 328 g/mol. The first kappa shape index (κ1) is 16.2. The van der Waals surface area contributed by atoms with Crippen molar-refractivity contribution >= 4 is 21.9 Å². The molecule has 0 saturated heterocycles. The van der Waals surface area contributed by atoms with Crippen molar-refractivity contribution in [3.05, 3.63) is 33.8 Å². The third-order valence-electron chi connectivity index (χ3n) is 3.78. The monoisotopic (exact) mass is 327 g/mol. The summed E-state index contributed by atoms with van der Waals surface area (Å²) < 4.78 is 5.65. The van der Waals surface area contributed by atoms with Gasteiger partial charge in [-0.15, -0.1) is 0 Å². The molecule has 4 heteroatoms. The maximum absolute atomic E-state index is 11.5. The van der Waals surface area contributed by atoms with Crippen LogP contribution in [-0.2, 0) is 11.3 Å². The highest BCUT2D eigenvalue weighted by Gasteiger charge is 2.21. The molecule has 19 heavy (non-hydrogen) atoms. The first-order valence-corrected chi connectivity index (χ1v) is 7.19. The Morgan fingerprint density at radius 3 is 2.53 bits per heavy atom. The maximum Gasteiger partial charge on any atom is 0.337 e. The average Bonchev–Trinajstić information content (AvgIpc) is 2.39. The van der Waals surface area contributed by atoms with E-state index in [2.05, 4.69) is 48.6 Å². The molecular formula is C15H22BrNO2. The summed E-state index contributed by atoms with van der Waals surface area (Å²) in [4.78, 5) is 13.8. The first-order valence-electron chi connectivity index (χ1n) is 6.39. The summed E-state index contributed by atoms with van der Waals surface area (Å²) in [7, 11) is 3.51. The Balaban J connectivity index is 2.89. The zero-order valence-electron chi connectivity index (χ0n) is 12.3. The summed E-state index contributed by atoms with van der Waals surface area (Å²) in [6.45, 7) is 7.47. The van der Waals surface area contributed by atoms with E-state index in [0.29, 0.717) is 5.56 Å². The van der Waals surface area contributed by atoms with Crippen LogP contribution in [0.5, 0.6) is 0 Å². The van der Waals surface area contributed by atoms with Gasteiger partial charge in [0.1, 0.15) is 0 Å². The minimum Gasteiger partial charge on any atom is -0.465 e. The van der Waals surface area contributed by atoms with Crippen LogP contribution in [0.2, 0.25) is 0 Å². The number of rotatable bonds is 5. The number of methoxy groups -OCH3 is 1. The van der Waals surface area contributed by atoms with Gasteiger partial charge in [-0.3, -0.25) is 4.90 Å². The molecule has 0 aliphatic rings. The lowest BCUT2D eigenvalue weighted by molar-refractivity contribution is 0.0600. The van der Waals surface area contributed by atoms with Crippen LogP contribution in [0.3, 0.4) is 0 Å². The molecule has 106 valence electrons. The van der Waals surface area contributed by atoms with E-state index >= 15 is 0 Å². The second kappa shape index (κ2) is 6.53. The zero-order chi connectivity index (χ0) is 14.6.